The summed E-state index contributed by atoms with van der Waals surface area (Å²) in [5, 5.41) is 13.4. The number of likely N-dealkylation sites (tertiary alicyclic amines) is 1. The van der Waals surface area contributed by atoms with Gasteiger partial charge in [0.1, 0.15) is 5.82 Å². The second kappa shape index (κ2) is 9.18. The van der Waals surface area contributed by atoms with Gasteiger partial charge in [-0.05, 0) is 68.9 Å². The number of fused-ring (bicyclic) bond motifs is 1. The van der Waals surface area contributed by atoms with Gasteiger partial charge < -0.3 is 15.3 Å². The molecule has 0 radical (unpaired) electrons. The Kier molecular flexibility index (Phi) is 6.14. The topological polar surface area (TPSA) is 105 Å². The molecule has 1 aliphatic carbocycles. The van der Waals surface area contributed by atoms with Crippen LogP contribution in [0.15, 0.2) is 47.3 Å². The van der Waals surface area contributed by atoms with Gasteiger partial charge in [-0.25, -0.2) is 9.78 Å². The number of para-hydroxylation sites is 1. The molecular weight excluding hydrogens is 468 g/mol. The third kappa shape index (κ3) is 4.20. The monoisotopic (exact) mass is 500 g/mol. The molecule has 2 aromatic carbocycles. The van der Waals surface area contributed by atoms with Gasteiger partial charge in [0, 0.05) is 31.9 Å². The van der Waals surface area contributed by atoms with E-state index in [4.69, 9.17) is 4.98 Å². The maximum absolute atomic E-state index is 13.5. The molecule has 0 saturated carbocycles. The van der Waals surface area contributed by atoms with Crippen LogP contribution in [0.2, 0.25) is 0 Å². The molecule has 1 amide bonds. The first kappa shape index (κ1) is 24.7. The lowest BCUT2D eigenvalue weighted by Crippen LogP contribution is -2.34. The minimum absolute atomic E-state index is 0.124. The molecule has 1 fully saturated rings. The number of hydrogen-bond acceptors (Lipinski definition) is 5. The number of rotatable bonds is 5. The Balaban J connectivity index is 1.57. The number of amides is 1. The summed E-state index contributed by atoms with van der Waals surface area (Å²) in [6.45, 7) is 4.66. The van der Waals surface area contributed by atoms with Crippen molar-refractivity contribution in [3.05, 3.63) is 75.3 Å². The number of carboxylic acids is 1. The fourth-order valence-corrected chi connectivity index (χ4v) is 5.79. The molecular formula is C29H32N4O4. The summed E-state index contributed by atoms with van der Waals surface area (Å²) in [7, 11) is 3.61. The molecule has 8 heteroatoms. The van der Waals surface area contributed by atoms with E-state index in [0.717, 1.165) is 36.1 Å². The molecule has 8 nitrogen and oxygen atoms in total. The molecule has 2 atom stereocenters. The Morgan fingerprint density at radius 2 is 1.92 bits per heavy atom. The summed E-state index contributed by atoms with van der Waals surface area (Å²) in [5.41, 5.74) is 3.59. The van der Waals surface area contributed by atoms with Crippen LogP contribution in [-0.4, -0.2) is 45.0 Å². The van der Waals surface area contributed by atoms with Gasteiger partial charge in [-0.15, -0.1) is 0 Å². The van der Waals surface area contributed by atoms with Gasteiger partial charge in [0.15, 0.2) is 0 Å². The largest absolute Gasteiger partial charge is 0.478 e. The fraction of sp³-hybridized carbons (Fsp3) is 0.379. The smallest absolute Gasteiger partial charge is 0.337 e. The molecule has 1 aliphatic heterocycles. The summed E-state index contributed by atoms with van der Waals surface area (Å²) in [6.07, 6.45) is 5.05. The van der Waals surface area contributed by atoms with Crippen LogP contribution >= 0.6 is 0 Å². The maximum Gasteiger partial charge on any atom is 0.337 e. The lowest BCUT2D eigenvalue weighted by atomic mass is 9.73. The standard InChI is InChI=1S/C29H32N4O4/c1-17-15-21(18(2)30-23-8-6-5-7-20(23)27(35)36)24-22(16-17)26(34)33(4)25(31-24)19-9-11-29(12-10-19)13-14-32(3)28(29)37/h5-9,15-16,18,30H,10-14H2,1-4H3,(H,35,36)/t18-,29?/m1/s1. The zero-order valence-electron chi connectivity index (χ0n) is 21.7. The second-order valence-corrected chi connectivity index (χ2v) is 10.5. The van der Waals surface area contributed by atoms with Gasteiger partial charge in [0.25, 0.3) is 5.56 Å². The zero-order valence-corrected chi connectivity index (χ0v) is 21.7. The summed E-state index contributed by atoms with van der Waals surface area (Å²) in [4.78, 5) is 44.8. The summed E-state index contributed by atoms with van der Waals surface area (Å²) in [5.74, 6) is -0.176. The molecule has 1 aromatic heterocycles. The average molecular weight is 501 g/mol. The Bertz CT molecular complexity index is 1520. The predicted octanol–water partition coefficient (Wildman–Crippen LogP) is 4.53. The van der Waals surface area contributed by atoms with Crippen molar-refractivity contribution in [2.24, 2.45) is 12.5 Å². The van der Waals surface area contributed by atoms with Crippen molar-refractivity contribution in [1.82, 2.24) is 14.5 Å². The minimum atomic E-state index is -1.01. The van der Waals surface area contributed by atoms with Crippen LogP contribution in [0.5, 0.6) is 0 Å². The highest BCUT2D eigenvalue weighted by Crippen LogP contribution is 2.45. The van der Waals surface area contributed by atoms with E-state index in [1.54, 1.807) is 35.9 Å². The molecule has 2 N–H and O–H groups in total. The van der Waals surface area contributed by atoms with Crippen molar-refractivity contribution in [3.63, 3.8) is 0 Å². The Hall–Kier alpha value is -3.94. The number of nitrogens with one attached hydrogen (secondary N) is 1. The Morgan fingerprint density at radius 3 is 2.57 bits per heavy atom. The molecule has 37 heavy (non-hydrogen) atoms. The number of carbonyl (C=O) groups excluding carboxylic acids is 1. The SMILES string of the molecule is Cc1cc([C@@H](C)Nc2ccccc2C(=O)O)c2nc(C3=CCC4(CC3)CCN(C)C4=O)n(C)c(=O)c2c1. The predicted molar refractivity (Wildman–Crippen MR) is 144 cm³/mol. The van der Waals surface area contributed by atoms with Crippen molar-refractivity contribution < 1.29 is 14.7 Å². The zero-order chi connectivity index (χ0) is 26.5. The number of hydrogen-bond donors (Lipinski definition) is 2. The molecule has 1 unspecified atom stereocenters. The quantitative estimate of drug-likeness (QED) is 0.533. The summed E-state index contributed by atoms with van der Waals surface area (Å²) >= 11 is 0. The Morgan fingerprint density at radius 1 is 1.16 bits per heavy atom. The van der Waals surface area contributed by atoms with Gasteiger partial charge >= 0.3 is 5.97 Å². The normalized spacial score (nSPS) is 20.4. The highest BCUT2D eigenvalue weighted by Gasteiger charge is 2.45. The second-order valence-electron chi connectivity index (χ2n) is 10.5. The highest BCUT2D eigenvalue weighted by molar-refractivity contribution is 5.94. The number of benzene rings is 2. The van der Waals surface area contributed by atoms with E-state index in [9.17, 15) is 19.5 Å². The van der Waals surface area contributed by atoms with Crippen molar-refractivity contribution in [2.45, 2.75) is 45.6 Å². The minimum Gasteiger partial charge on any atom is -0.478 e. The van der Waals surface area contributed by atoms with Crippen molar-refractivity contribution in [3.8, 4) is 0 Å². The highest BCUT2D eigenvalue weighted by atomic mass is 16.4. The van der Waals surface area contributed by atoms with Crippen LogP contribution < -0.4 is 10.9 Å². The van der Waals surface area contributed by atoms with E-state index in [2.05, 4.69) is 11.4 Å². The van der Waals surface area contributed by atoms with Crippen LogP contribution in [0, 0.1) is 12.3 Å². The first-order valence-corrected chi connectivity index (χ1v) is 12.7. The van der Waals surface area contributed by atoms with E-state index >= 15 is 0 Å². The van der Waals surface area contributed by atoms with E-state index < -0.39 is 5.97 Å². The number of aromatic nitrogens is 2. The number of aryl methyl sites for hydroxylation is 1. The summed E-state index contributed by atoms with van der Waals surface area (Å²) in [6, 6.07) is 10.3. The molecule has 0 bridgehead atoms. The van der Waals surface area contributed by atoms with Crippen LogP contribution in [0.25, 0.3) is 16.5 Å². The van der Waals surface area contributed by atoms with E-state index in [1.807, 2.05) is 37.9 Å². The van der Waals surface area contributed by atoms with Gasteiger partial charge in [0.2, 0.25) is 5.91 Å². The molecule has 1 saturated heterocycles. The fourth-order valence-electron chi connectivity index (χ4n) is 5.79. The van der Waals surface area contributed by atoms with Crippen LogP contribution in [0.1, 0.15) is 66.0 Å². The van der Waals surface area contributed by atoms with E-state index in [1.165, 1.54) is 0 Å². The van der Waals surface area contributed by atoms with Crippen LogP contribution in [-0.2, 0) is 11.8 Å². The number of anilines is 1. The number of nitrogens with zero attached hydrogens (tertiary/aromatic N) is 3. The third-order valence-corrected chi connectivity index (χ3v) is 7.98. The van der Waals surface area contributed by atoms with Gasteiger partial charge in [-0.1, -0.05) is 24.3 Å². The van der Waals surface area contributed by atoms with Crippen LogP contribution in [0.3, 0.4) is 0 Å². The molecule has 2 heterocycles. The van der Waals surface area contributed by atoms with Gasteiger partial charge in [0.05, 0.1) is 27.9 Å². The van der Waals surface area contributed by atoms with Gasteiger partial charge in [-0.2, -0.15) is 0 Å². The average Bonchev–Trinajstić information content (AvgIpc) is 3.15. The molecule has 192 valence electrons. The van der Waals surface area contributed by atoms with E-state index in [-0.39, 0.29) is 28.5 Å². The number of aromatic carboxylic acids is 1. The van der Waals surface area contributed by atoms with Crippen molar-refractivity contribution in [2.75, 3.05) is 18.9 Å². The third-order valence-electron chi connectivity index (χ3n) is 7.98. The van der Waals surface area contributed by atoms with Gasteiger partial charge in [-0.3, -0.25) is 14.2 Å². The molecule has 1 spiro atoms. The van der Waals surface area contributed by atoms with E-state index in [0.29, 0.717) is 35.3 Å². The number of allylic oxidation sites excluding steroid dienone is 2. The molecule has 2 aliphatic rings. The van der Waals surface area contributed by atoms with Crippen LogP contribution in [0.4, 0.5) is 5.69 Å². The van der Waals surface area contributed by atoms with Crippen molar-refractivity contribution >= 4 is 34.0 Å². The first-order valence-electron chi connectivity index (χ1n) is 12.7. The number of carbonyl (C=O) groups is 2. The lowest BCUT2D eigenvalue weighted by molar-refractivity contribution is -0.135. The first-order chi connectivity index (χ1) is 17.6. The maximum atomic E-state index is 13.5. The summed E-state index contributed by atoms with van der Waals surface area (Å²) < 4.78 is 1.61. The number of carboxylic acid groups (broad SMARTS) is 1. The molecule has 3 aromatic rings. The molecule has 5 rings (SSSR count). The Labute approximate surface area is 215 Å². The van der Waals surface area contributed by atoms with Crippen molar-refractivity contribution in [1.29, 1.82) is 0 Å². The lowest BCUT2D eigenvalue weighted by Gasteiger charge is -2.30.